The van der Waals surface area contributed by atoms with Gasteiger partial charge in [0.05, 0.1) is 46.6 Å². The lowest BCUT2D eigenvalue weighted by Gasteiger charge is -2.37. The number of rotatable bonds is 5. The normalized spacial score (nSPS) is 29.5. The number of ketones is 1. The van der Waals surface area contributed by atoms with Crippen molar-refractivity contribution in [3.8, 4) is 0 Å². The summed E-state index contributed by atoms with van der Waals surface area (Å²) in [5.74, 6) is 2.33. The van der Waals surface area contributed by atoms with Crippen LogP contribution in [0.5, 0.6) is 0 Å². The molecule has 6 heteroatoms. The Bertz CT molecular complexity index is 1170. The lowest BCUT2D eigenvalue weighted by atomic mass is 9.70. The van der Waals surface area contributed by atoms with Crippen molar-refractivity contribution in [1.82, 2.24) is 0 Å². The van der Waals surface area contributed by atoms with Crippen LogP contribution in [-0.4, -0.2) is 30.7 Å². The summed E-state index contributed by atoms with van der Waals surface area (Å²) in [4.78, 5) is 11.8. The molecule has 2 saturated carbocycles. The van der Waals surface area contributed by atoms with Crippen molar-refractivity contribution in [2.45, 2.75) is 52.6 Å². The number of Topliss-reactive ketones (excluding diaryl/α,β-unsaturated/α-hetero) is 1. The number of hydrogen-bond acceptors (Lipinski definition) is 4. The average molecular weight is 499 g/mol. The molecule has 0 saturated heterocycles. The molecule has 2 aliphatic carbocycles. The zero-order valence-electron chi connectivity index (χ0n) is 20.4. The molecule has 2 fully saturated rings. The molecule has 34 heavy (non-hydrogen) atoms. The Labute approximate surface area is 205 Å². The average Bonchev–Trinajstić information content (AvgIpc) is 3.33. The van der Waals surface area contributed by atoms with Crippen molar-refractivity contribution in [2.75, 3.05) is 11.9 Å². The summed E-state index contributed by atoms with van der Waals surface area (Å²) in [5.41, 5.74) is 1.83. The molecule has 3 atom stereocenters. The number of carbonyl (C=O) groups is 1. The van der Waals surface area contributed by atoms with Gasteiger partial charge in [0.2, 0.25) is 0 Å². The molecule has 3 unspecified atom stereocenters. The molecule has 0 spiro atoms. The molecular weight excluding hydrogens is 463 g/mol. The molecule has 4 nitrogen and oxygen atoms in total. The fourth-order valence-corrected chi connectivity index (χ4v) is 12.0. The lowest BCUT2D eigenvalue weighted by Crippen LogP contribution is -2.42. The molecule has 1 heterocycles. The molecule has 3 aliphatic rings. The predicted octanol–water partition coefficient (Wildman–Crippen LogP) is 5.76. The van der Waals surface area contributed by atoms with Gasteiger partial charge in [-0.2, -0.15) is 0 Å². The first-order valence-electron chi connectivity index (χ1n) is 12.1. The molecule has 2 aromatic carbocycles. The molecular formula is C28H35O4PS. The largest absolute Gasteiger partial charge is 0.748 e. The van der Waals surface area contributed by atoms with Crippen LogP contribution in [0.25, 0.3) is 0 Å². The number of fused-ring (bicyclic) bond motifs is 2. The third-order valence-electron chi connectivity index (χ3n) is 8.51. The van der Waals surface area contributed by atoms with Crippen molar-refractivity contribution in [3.63, 3.8) is 0 Å². The van der Waals surface area contributed by atoms with E-state index >= 15 is 0 Å². The van der Waals surface area contributed by atoms with E-state index in [1.54, 1.807) is 10.9 Å². The summed E-state index contributed by atoms with van der Waals surface area (Å²) in [5, 5.41) is 1.57. The third kappa shape index (κ3) is 4.80. The SMILES string of the molecule is CC1(C)C2CCC1(CS(=O)(=O)[O-])C(=O)C2.CC1=C[P+](Cc2ccccc2)(c2ccccc2)CC1. The van der Waals surface area contributed by atoms with Gasteiger partial charge in [-0.3, -0.25) is 4.79 Å². The highest BCUT2D eigenvalue weighted by molar-refractivity contribution is 7.85. The third-order valence-corrected chi connectivity index (χ3v) is 13.6. The molecule has 0 radical (unpaired) electrons. The Hall–Kier alpha value is -1.81. The van der Waals surface area contributed by atoms with Gasteiger partial charge in [-0.1, -0.05) is 62.4 Å². The zero-order valence-corrected chi connectivity index (χ0v) is 22.1. The van der Waals surface area contributed by atoms with Gasteiger partial charge in [0, 0.05) is 18.3 Å². The summed E-state index contributed by atoms with van der Waals surface area (Å²) in [6.07, 6.45) is 5.71. The standard InChI is InChI=1S/C18H20P.C10H16O4S/c1-16-12-13-19(14-16,18-10-6-3-7-11-18)15-17-8-4-2-5-9-17;1-9(2)7-3-4-10(9,8(11)5-7)6-15(12,13)14/h2-11,14H,12-13,15H2,1H3;7H,3-6H2,1-2H3,(H,12,13,14)/q+1;/p-1. The summed E-state index contributed by atoms with van der Waals surface area (Å²) < 4.78 is 32.7. The number of carbonyl (C=O) groups excluding carboxylic acids is 1. The van der Waals surface area contributed by atoms with Crippen LogP contribution in [0.2, 0.25) is 0 Å². The summed E-state index contributed by atoms with van der Waals surface area (Å²) in [7, 11) is -5.47. The van der Waals surface area contributed by atoms with Crippen molar-refractivity contribution in [3.05, 3.63) is 77.6 Å². The van der Waals surface area contributed by atoms with E-state index in [1.807, 2.05) is 13.8 Å². The van der Waals surface area contributed by atoms with Crippen LogP contribution in [0.15, 0.2) is 72.1 Å². The Kier molecular flexibility index (Phi) is 6.94. The minimum Gasteiger partial charge on any atom is -0.748 e. The lowest BCUT2D eigenvalue weighted by molar-refractivity contribution is -0.128. The van der Waals surface area contributed by atoms with Gasteiger partial charge in [-0.25, -0.2) is 8.42 Å². The first-order chi connectivity index (χ1) is 16.0. The van der Waals surface area contributed by atoms with Gasteiger partial charge in [-0.15, -0.1) is 0 Å². The van der Waals surface area contributed by atoms with E-state index < -0.39 is 28.5 Å². The summed E-state index contributed by atoms with van der Waals surface area (Å²) >= 11 is 0. The second kappa shape index (κ2) is 9.33. The highest BCUT2D eigenvalue weighted by Crippen LogP contribution is 2.66. The molecule has 2 aromatic rings. The van der Waals surface area contributed by atoms with E-state index in [9.17, 15) is 17.8 Å². The Morgan fingerprint density at radius 1 is 1.03 bits per heavy atom. The van der Waals surface area contributed by atoms with Crippen LogP contribution in [0.3, 0.4) is 0 Å². The van der Waals surface area contributed by atoms with Gasteiger partial charge in [0.1, 0.15) is 5.78 Å². The fraction of sp³-hybridized carbons (Fsp3) is 0.464. The molecule has 182 valence electrons. The number of hydrogen-bond donors (Lipinski definition) is 0. The number of benzene rings is 2. The van der Waals surface area contributed by atoms with Gasteiger partial charge >= 0.3 is 0 Å². The zero-order chi connectivity index (χ0) is 24.6. The maximum Gasteiger partial charge on any atom is 0.140 e. The van der Waals surface area contributed by atoms with E-state index in [0.717, 1.165) is 6.42 Å². The Morgan fingerprint density at radius 2 is 1.65 bits per heavy atom. The van der Waals surface area contributed by atoms with Crippen LogP contribution >= 0.6 is 7.26 Å². The smallest absolute Gasteiger partial charge is 0.140 e. The van der Waals surface area contributed by atoms with Crippen LogP contribution in [0.4, 0.5) is 0 Å². The van der Waals surface area contributed by atoms with Gasteiger partial charge < -0.3 is 4.55 Å². The maximum atomic E-state index is 11.8. The minimum atomic E-state index is -4.33. The second-order valence-corrected chi connectivity index (χ2v) is 15.8. The van der Waals surface area contributed by atoms with Crippen LogP contribution in [0.1, 0.15) is 52.0 Å². The van der Waals surface area contributed by atoms with E-state index in [1.165, 1.54) is 24.3 Å². The minimum absolute atomic E-state index is 0.0248. The highest BCUT2D eigenvalue weighted by Gasteiger charge is 2.64. The van der Waals surface area contributed by atoms with E-state index in [0.29, 0.717) is 12.8 Å². The van der Waals surface area contributed by atoms with Gasteiger partial charge in [0.25, 0.3) is 0 Å². The monoisotopic (exact) mass is 498 g/mol. The predicted molar refractivity (Wildman–Crippen MR) is 140 cm³/mol. The Morgan fingerprint density at radius 3 is 2.12 bits per heavy atom. The first-order valence-corrected chi connectivity index (χ1v) is 15.9. The number of allylic oxidation sites excluding steroid dienone is 1. The van der Waals surface area contributed by atoms with Crippen molar-refractivity contribution >= 4 is 28.5 Å². The maximum absolute atomic E-state index is 11.8. The van der Waals surface area contributed by atoms with Crippen LogP contribution in [0, 0.1) is 16.7 Å². The van der Waals surface area contributed by atoms with Crippen molar-refractivity contribution < 1.29 is 17.8 Å². The second-order valence-electron chi connectivity index (χ2n) is 10.8. The fourth-order valence-electron chi connectivity index (χ4n) is 6.39. The van der Waals surface area contributed by atoms with Crippen LogP contribution < -0.4 is 5.30 Å². The molecule has 2 bridgehead atoms. The van der Waals surface area contributed by atoms with Crippen molar-refractivity contribution in [1.29, 1.82) is 0 Å². The van der Waals surface area contributed by atoms with E-state index in [-0.39, 0.29) is 17.1 Å². The van der Waals surface area contributed by atoms with Gasteiger partial charge in [0.15, 0.2) is 0 Å². The molecule has 0 aromatic heterocycles. The summed E-state index contributed by atoms with van der Waals surface area (Å²) in [6.45, 7) is 6.12. The van der Waals surface area contributed by atoms with E-state index in [4.69, 9.17) is 0 Å². The highest BCUT2D eigenvalue weighted by atomic mass is 32.2. The summed E-state index contributed by atoms with van der Waals surface area (Å²) in [6, 6.07) is 22.1. The molecule has 1 aliphatic heterocycles. The first kappa shape index (κ1) is 25.3. The quantitative estimate of drug-likeness (QED) is 0.388. The molecule has 5 rings (SSSR count). The Balaban J connectivity index is 0.000000166. The van der Waals surface area contributed by atoms with Crippen molar-refractivity contribution in [2.24, 2.45) is 16.7 Å². The molecule has 0 N–H and O–H groups in total. The van der Waals surface area contributed by atoms with Gasteiger partial charge in [-0.05, 0) is 54.4 Å². The topological polar surface area (TPSA) is 74.3 Å². The van der Waals surface area contributed by atoms with Crippen LogP contribution in [-0.2, 0) is 21.1 Å². The van der Waals surface area contributed by atoms with E-state index in [2.05, 4.69) is 73.4 Å². The molecule has 0 amide bonds.